The molecule has 154 valence electrons. The van der Waals surface area contributed by atoms with Crippen LogP contribution in [-0.2, 0) is 0 Å². The van der Waals surface area contributed by atoms with Crippen LogP contribution in [0.15, 0.2) is 60.7 Å². The van der Waals surface area contributed by atoms with Crippen molar-refractivity contribution in [1.29, 1.82) is 0 Å². The van der Waals surface area contributed by atoms with E-state index in [1.165, 1.54) is 33.5 Å². The number of benzene rings is 3. The van der Waals surface area contributed by atoms with E-state index >= 15 is 0 Å². The summed E-state index contributed by atoms with van der Waals surface area (Å²) in [5, 5.41) is 3.16. The highest BCUT2D eigenvalue weighted by Crippen LogP contribution is 2.35. The number of rotatable bonds is 7. The van der Waals surface area contributed by atoms with Gasteiger partial charge < -0.3 is 19.5 Å². The Labute approximate surface area is 179 Å². The van der Waals surface area contributed by atoms with E-state index in [1.807, 2.05) is 6.07 Å². The summed E-state index contributed by atoms with van der Waals surface area (Å²) in [6, 6.07) is 16.5. The third kappa shape index (κ3) is 4.39. The topological polar surface area (TPSA) is 73.9 Å². The molecule has 0 saturated carbocycles. The first kappa shape index (κ1) is 21.2. The zero-order valence-corrected chi connectivity index (χ0v) is 17.4. The Morgan fingerprint density at radius 1 is 0.767 bits per heavy atom. The van der Waals surface area contributed by atoms with Crippen LogP contribution in [0, 0.1) is 0 Å². The van der Waals surface area contributed by atoms with Crippen LogP contribution in [-0.4, -0.2) is 33.0 Å². The average molecular weight is 426 g/mol. The van der Waals surface area contributed by atoms with Crippen molar-refractivity contribution in [2.75, 3.05) is 26.6 Å². The molecule has 0 aliphatic carbocycles. The van der Waals surface area contributed by atoms with Crippen molar-refractivity contribution >= 4 is 29.0 Å². The Kier molecular flexibility index (Phi) is 6.59. The van der Waals surface area contributed by atoms with Gasteiger partial charge in [0.1, 0.15) is 5.75 Å². The normalized spacial score (nSPS) is 10.3. The summed E-state index contributed by atoms with van der Waals surface area (Å²) in [7, 11) is 4.42. The number of carbonyl (C=O) groups is 2. The van der Waals surface area contributed by atoms with Crippen molar-refractivity contribution < 1.29 is 23.8 Å². The van der Waals surface area contributed by atoms with E-state index in [0.717, 1.165) is 0 Å². The van der Waals surface area contributed by atoms with Crippen LogP contribution in [0.2, 0.25) is 5.02 Å². The second-order valence-electron chi connectivity index (χ2n) is 6.25. The molecule has 0 radical (unpaired) electrons. The number of ether oxygens (including phenoxy) is 3. The van der Waals surface area contributed by atoms with E-state index < -0.39 is 5.91 Å². The minimum atomic E-state index is -0.475. The zero-order valence-electron chi connectivity index (χ0n) is 16.7. The van der Waals surface area contributed by atoms with Gasteiger partial charge in [0.25, 0.3) is 5.91 Å². The number of methoxy groups -OCH3 is 3. The number of amides is 1. The quantitative estimate of drug-likeness (QED) is 0.548. The predicted octanol–water partition coefficient (Wildman–Crippen LogP) is 4.85. The van der Waals surface area contributed by atoms with Gasteiger partial charge in [0.15, 0.2) is 17.3 Å². The van der Waals surface area contributed by atoms with Crippen LogP contribution in [0.5, 0.6) is 17.2 Å². The first-order valence-corrected chi connectivity index (χ1v) is 9.37. The molecule has 0 atom stereocenters. The van der Waals surface area contributed by atoms with Crippen molar-refractivity contribution in [2.24, 2.45) is 0 Å². The molecule has 1 amide bonds. The van der Waals surface area contributed by atoms with E-state index in [2.05, 4.69) is 5.32 Å². The summed E-state index contributed by atoms with van der Waals surface area (Å²) < 4.78 is 15.9. The smallest absolute Gasteiger partial charge is 0.259 e. The second kappa shape index (κ2) is 9.33. The molecule has 0 fully saturated rings. The minimum absolute atomic E-state index is 0.225. The number of hydrogen-bond acceptors (Lipinski definition) is 5. The van der Waals surface area contributed by atoms with Gasteiger partial charge in [-0.2, -0.15) is 0 Å². The molecule has 0 aliphatic rings. The number of halogens is 1. The lowest BCUT2D eigenvalue weighted by molar-refractivity contribution is 0.102. The number of anilines is 1. The Bertz CT molecular complexity index is 1080. The first-order valence-electron chi connectivity index (χ1n) is 8.99. The highest BCUT2D eigenvalue weighted by molar-refractivity contribution is 6.31. The Balaban J connectivity index is 1.99. The van der Waals surface area contributed by atoms with Crippen LogP contribution < -0.4 is 19.5 Å². The monoisotopic (exact) mass is 425 g/mol. The molecule has 6 nitrogen and oxygen atoms in total. The summed E-state index contributed by atoms with van der Waals surface area (Å²) in [5.41, 5.74) is 1.32. The molecule has 3 aromatic rings. The standard InChI is InChI=1S/C23H20ClNO5/c1-28-19-13-21(30-3)20(29-2)12-17(19)23(27)25-18-10-9-15(24)11-16(18)22(26)14-7-5-4-6-8-14/h4-13H,1-3H3,(H,25,27). The van der Waals surface area contributed by atoms with Crippen LogP contribution in [0.25, 0.3) is 0 Å². The van der Waals surface area contributed by atoms with Gasteiger partial charge in [-0.05, 0) is 18.2 Å². The highest BCUT2D eigenvalue weighted by Gasteiger charge is 2.21. The Hall–Kier alpha value is -3.51. The van der Waals surface area contributed by atoms with Crippen molar-refractivity contribution in [3.8, 4) is 17.2 Å². The van der Waals surface area contributed by atoms with E-state index in [1.54, 1.807) is 42.5 Å². The van der Waals surface area contributed by atoms with Gasteiger partial charge in [-0.3, -0.25) is 9.59 Å². The fourth-order valence-electron chi connectivity index (χ4n) is 2.95. The number of hydrogen-bond donors (Lipinski definition) is 1. The molecule has 0 unspecified atom stereocenters. The molecule has 0 aromatic heterocycles. The first-order chi connectivity index (χ1) is 14.5. The molecule has 3 aromatic carbocycles. The second-order valence-corrected chi connectivity index (χ2v) is 6.68. The van der Waals surface area contributed by atoms with E-state index in [-0.39, 0.29) is 16.9 Å². The molecule has 0 bridgehead atoms. The van der Waals surface area contributed by atoms with Crippen molar-refractivity contribution in [3.05, 3.63) is 82.4 Å². The number of ketones is 1. The molecule has 7 heteroatoms. The van der Waals surface area contributed by atoms with Crippen molar-refractivity contribution in [3.63, 3.8) is 0 Å². The van der Waals surface area contributed by atoms with Gasteiger partial charge in [0.05, 0.1) is 32.6 Å². The molecule has 1 N–H and O–H groups in total. The fourth-order valence-corrected chi connectivity index (χ4v) is 3.13. The molecule has 0 aliphatic heterocycles. The predicted molar refractivity (Wildman–Crippen MR) is 115 cm³/mol. The lowest BCUT2D eigenvalue weighted by Crippen LogP contribution is -2.16. The summed E-state index contributed by atoms with van der Waals surface area (Å²) in [6.45, 7) is 0. The van der Waals surface area contributed by atoms with E-state index in [4.69, 9.17) is 25.8 Å². The molecule has 3 rings (SSSR count). The highest BCUT2D eigenvalue weighted by atomic mass is 35.5. The molecular weight excluding hydrogens is 406 g/mol. The lowest BCUT2D eigenvalue weighted by atomic mass is 10.0. The zero-order chi connectivity index (χ0) is 21.7. The maximum absolute atomic E-state index is 13.0. The van der Waals surface area contributed by atoms with Crippen molar-refractivity contribution in [1.82, 2.24) is 0 Å². The number of nitrogens with one attached hydrogen (secondary N) is 1. The molecule has 30 heavy (non-hydrogen) atoms. The SMILES string of the molecule is COc1cc(OC)c(C(=O)Nc2ccc(Cl)cc2C(=O)c2ccccc2)cc1OC. The molecule has 0 heterocycles. The van der Waals surface area contributed by atoms with Crippen molar-refractivity contribution in [2.45, 2.75) is 0 Å². The van der Waals surface area contributed by atoms with Gasteiger partial charge in [-0.1, -0.05) is 41.9 Å². The molecule has 0 saturated heterocycles. The van der Waals surface area contributed by atoms with Gasteiger partial charge in [-0.15, -0.1) is 0 Å². The Morgan fingerprint density at radius 2 is 1.40 bits per heavy atom. The summed E-state index contributed by atoms with van der Waals surface area (Å²) >= 11 is 6.11. The van der Waals surface area contributed by atoms with Gasteiger partial charge in [0.2, 0.25) is 0 Å². The largest absolute Gasteiger partial charge is 0.496 e. The van der Waals surface area contributed by atoms with Gasteiger partial charge in [-0.25, -0.2) is 0 Å². The molecule has 0 spiro atoms. The van der Waals surface area contributed by atoms with Crippen LogP contribution in [0.1, 0.15) is 26.3 Å². The Morgan fingerprint density at radius 3 is 2.03 bits per heavy atom. The molecular formula is C23H20ClNO5. The third-order valence-corrected chi connectivity index (χ3v) is 4.70. The van der Waals surface area contributed by atoms with E-state index in [0.29, 0.717) is 33.5 Å². The van der Waals surface area contributed by atoms with Crippen LogP contribution >= 0.6 is 11.6 Å². The van der Waals surface area contributed by atoms with E-state index in [9.17, 15) is 9.59 Å². The summed E-state index contributed by atoms with van der Waals surface area (Å²) in [5.74, 6) is 0.373. The lowest BCUT2D eigenvalue weighted by Gasteiger charge is -2.15. The average Bonchev–Trinajstić information content (AvgIpc) is 2.79. The van der Waals surface area contributed by atoms with Gasteiger partial charge in [0, 0.05) is 28.3 Å². The fraction of sp³-hybridized carbons (Fsp3) is 0.130. The summed E-state index contributed by atoms with van der Waals surface area (Å²) in [4.78, 5) is 26.0. The summed E-state index contributed by atoms with van der Waals surface area (Å²) in [6.07, 6.45) is 0. The van der Waals surface area contributed by atoms with Crippen LogP contribution in [0.4, 0.5) is 5.69 Å². The maximum atomic E-state index is 13.0. The maximum Gasteiger partial charge on any atom is 0.259 e. The number of carbonyl (C=O) groups excluding carboxylic acids is 2. The van der Waals surface area contributed by atoms with Crippen LogP contribution in [0.3, 0.4) is 0 Å². The van der Waals surface area contributed by atoms with Gasteiger partial charge >= 0.3 is 0 Å². The minimum Gasteiger partial charge on any atom is -0.496 e. The third-order valence-electron chi connectivity index (χ3n) is 4.46.